The molecule has 1 aliphatic heterocycles. The van der Waals surface area contributed by atoms with Crippen molar-refractivity contribution in [1.82, 2.24) is 10.9 Å². The summed E-state index contributed by atoms with van der Waals surface area (Å²) < 4.78 is 11.1. The smallest absolute Gasteiger partial charge is 0.286 e. The van der Waals surface area contributed by atoms with Crippen LogP contribution in [0.2, 0.25) is 0 Å². The second kappa shape index (κ2) is 8.33. The van der Waals surface area contributed by atoms with E-state index in [1.807, 2.05) is 6.92 Å². The highest BCUT2D eigenvalue weighted by Gasteiger charge is 2.21. The fourth-order valence-electron chi connectivity index (χ4n) is 2.79. The Morgan fingerprint density at radius 1 is 1.43 bits per heavy atom. The topological polar surface area (TPSA) is 116 Å². The molecule has 1 aliphatic rings. The summed E-state index contributed by atoms with van der Waals surface area (Å²) in [5.74, 6) is 0.198. The highest BCUT2D eigenvalue weighted by molar-refractivity contribution is 5.96. The Kier molecular flexibility index (Phi) is 6.44. The van der Waals surface area contributed by atoms with Crippen molar-refractivity contribution in [3.63, 3.8) is 0 Å². The third-order valence-corrected chi connectivity index (χ3v) is 4.17. The first-order valence-corrected chi connectivity index (χ1v) is 8.35. The molecule has 2 rings (SSSR count). The summed E-state index contributed by atoms with van der Waals surface area (Å²) in [6.07, 6.45) is 5.70. The van der Waals surface area contributed by atoms with Crippen molar-refractivity contribution in [1.29, 1.82) is 0 Å². The van der Waals surface area contributed by atoms with Crippen LogP contribution in [-0.4, -0.2) is 24.8 Å². The zero-order valence-electron chi connectivity index (χ0n) is 14.0. The van der Waals surface area contributed by atoms with E-state index in [0.29, 0.717) is 12.1 Å². The molecular formula is C16H28N4O3. The predicted octanol–water partition coefficient (Wildman–Crippen LogP) is 1.47. The molecule has 0 aromatic carbocycles. The Morgan fingerprint density at radius 2 is 2.22 bits per heavy atom. The maximum atomic E-state index is 11.3. The molecule has 1 aromatic rings. The van der Waals surface area contributed by atoms with Crippen molar-refractivity contribution >= 4 is 11.6 Å². The highest BCUT2D eigenvalue weighted by Crippen LogP contribution is 2.27. The Hall–Kier alpha value is -1.57. The van der Waals surface area contributed by atoms with E-state index >= 15 is 0 Å². The molecule has 2 unspecified atom stereocenters. The van der Waals surface area contributed by atoms with Crippen LogP contribution in [-0.2, 0) is 17.6 Å². The third kappa shape index (κ3) is 4.70. The van der Waals surface area contributed by atoms with Crippen molar-refractivity contribution in [2.24, 2.45) is 5.73 Å². The monoisotopic (exact) mass is 324 g/mol. The first-order chi connectivity index (χ1) is 11.0. The van der Waals surface area contributed by atoms with Gasteiger partial charge in [0.05, 0.1) is 5.69 Å². The first-order valence-electron chi connectivity index (χ1n) is 8.35. The van der Waals surface area contributed by atoms with Gasteiger partial charge < -0.3 is 20.6 Å². The Bertz CT molecular complexity index is 524. The fourth-order valence-corrected chi connectivity index (χ4v) is 2.79. The van der Waals surface area contributed by atoms with E-state index < -0.39 is 5.91 Å². The number of furan rings is 1. The van der Waals surface area contributed by atoms with Gasteiger partial charge in [-0.1, -0.05) is 6.92 Å². The molecule has 130 valence electrons. The molecule has 1 amide bonds. The number of carbonyl (C=O) groups excluding carboxylic acids is 1. The number of hydrazine groups is 1. The van der Waals surface area contributed by atoms with Gasteiger partial charge >= 0.3 is 0 Å². The molecule has 1 aromatic heterocycles. The van der Waals surface area contributed by atoms with Gasteiger partial charge in [-0.25, -0.2) is 5.43 Å². The molecule has 0 bridgehead atoms. The van der Waals surface area contributed by atoms with Crippen LogP contribution in [0, 0.1) is 0 Å². The van der Waals surface area contributed by atoms with Crippen LogP contribution < -0.4 is 22.3 Å². The number of hydrogen-bond acceptors (Lipinski definition) is 6. The molecule has 7 heteroatoms. The van der Waals surface area contributed by atoms with Crippen LogP contribution in [0.5, 0.6) is 0 Å². The fraction of sp³-hybridized carbons (Fsp3) is 0.688. The maximum Gasteiger partial charge on any atom is 0.286 e. The Balaban J connectivity index is 1.85. The lowest BCUT2D eigenvalue weighted by Gasteiger charge is -2.26. The minimum atomic E-state index is -0.620. The Labute approximate surface area is 137 Å². The van der Waals surface area contributed by atoms with Gasteiger partial charge in [0.2, 0.25) is 5.76 Å². The number of nitrogens with two attached hydrogens (primary N) is 2. The van der Waals surface area contributed by atoms with Crippen molar-refractivity contribution in [2.75, 3.05) is 12.3 Å². The zero-order chi connectivity index (χ0) is 16.8. The quantitative estimate of drug-likeness (QED) is 0.538. The molecule has 7 nitrogen and oxygen atoms in total. The molecule has 1 fully saturated rings. The van der Waals surface area contributed by atoms with Crippen LogP contribution in [0.25, 0.3) is 0 Å². The summed E-state index contributed by atoms with van der Waals surface area (Å²) in [4.78, 5) is 11.3. The number of aryl methyl sites for hydroxylation is 1. The standard InChI is InChI=1S/C16H28N4O3/c1-3-12-11(14(17)15(23-12)16(18)21)8-7-10(2)19-20-13-6-4-5-9-22-13/h10,13,19-20H,3-9,17H2,1-2H3,(H2,18,21). The predicted molar refractivity (Wildman–Crippen MR) is 88.7 cm³/mol. The molecule has 0 radical (unpaired) electrons. The van der Waals surface area contributed by atoms with E-state index in [1.54, 1.807) is 0 Å². The minimum Gasteiger partial charge on any atom is -0.453 e. The van der Waals surface area contributed by atoms with E-state index in [9.17, 15) is 4.79 Å². The Morgan fingerprint density at radius 3 is 2.83 bits per heavy atom. The first kappa shape index (κ1) is 17.8. The van der Waals surface area contributed by atoms with Gasteiger partial charge in [-0.2, -0.15) is 0 Å². The van der Waals surface area contributed by atoms with Crippen molar-refractivity contribution < 1.29 is 13.9 Å². The summed E-state index contributed by atoms with van der Waals surface area (Å²) in [6, 6.07) is 0.233. The summed E-state index contributed by atoms with van der Waals surface area (Å²) in [7, 11) is 0. The number of hydrogen-bond donors (Lipinski definition) is 4. The van der Waals surface area contributed by atoms with Crippen LogP contribution in [0.3, 0.4) is 0 Å². The molecule has 0 saturated carbocycles. The summed E-state index contributed by atoms with van der Waals surface area (Å²) in [5.41, 5.74) is 19.1. The molecule has 2 heterocycles. The number of ether oxygens (including phenoxy) is 1. The third-order valence-electron chi connectivity index (χ3n) is 4.17. The van der Waals surface area contributed by atoms with Gasteiger partial charge in [-0.3, -0.25) is 10.2 Å². The van der Waals surface area contributed by atoms with E-state index in [1.165, 1.54) is 6.42 Å². The van der Waals surface area contributed by atoms with E-state index in [-0.39, 0.29) is 18.0 Å². The van der Waals surface area contributed by atoms with E-state index in [2.05, 4.69) is 17.8 Å². The SMILES string of the molecule is CCc1oc(C(N)=O)c(N)c1CCC(C)NNC1CCCCO1. The number of carbonyl (C=O) groups is 1. The summed E-state index contributed by atoms with van der Waals surface area (Å²) >= 11 is 0. The van der Waals surface area contributed by atoms with E-state index in [0.717, 1.165) is 43.6 Å². The molecule has 0 aliphatic carbocycles. The van der Waals surface area contributed by atoms with Gasteiger partial charge in [0.1, 0.15) is 12.0 Å². The number of nitrogens with one attached hydrogen (secondary N) is 2. The molecule has 2 atom stereocenters. The van der Waals surface area contributed by atoms with Gasteiger partial charge in [-0.05, 0) is 39.0 Å². The minimum absolute atomic E-state index is 0.0752. The largest absolute Gasteiger partial charge is 0.453 e. The lowest BCUT2D eigenvalue weighted by atomic mass is 10.0. The average Bonchev–Trinajstić information content (AvgIpc) is 2.88. The highest BCUT2D eigenvalue weighted by atomic mass is 16.5. The zero-order valence-corrected chi connectivity index (χ0v) is 14.0. The van der Waals surface area contributed by atoms with Gasteiger partial charge in [0, 0.05) is 24.6 Å². The molecular weight excluding hydrogens is 296 g/mol. The lowest BCUT2D eigenvalue weighted by Crippen LogP contribution is -2.47. The van der Waals surface area contributed by atoms with Crippen LogP contribution in [0.1, 0.15) is 61.4 Å². The summed E-state index contributed by atoms with van der Waals surface area (Å²) in [5, 5.41) is 0. The van der Waals surface area contributed by atoms with Crippen molar-refractivity contribution in [2.45, 2.75) is 64.6 Å². The number of nitrogen functional groups attached to an aromatic ring is 1. The number of primary amides is 1. The number of anilines is 1. The van der Waals surface area contributed by atoms with Gasteiger partial charge in [-0.15, -0.1) is 0 Å². The maximum absolute atomic E-state index is 11.3. The van der Waals surface area contributed by atoms with Crippen molar-refractivity contribution in [3.8, 4) is 0 Å². The second-order valence-corrected chi connectivity index (χ2v) is 6.05. The van der Waals surface area contributed by atoms with Crippen LogP contribution in [0.4, 0.5) is 5.69 Å². The normalized spacial score (nSPS) is 19.7. The number of rotatable bonds is 8. The number of amides is 1. The van der Waals surface area contributed by atoms with E-state index in [4.69, 9.17) is 20.6 Å². The van der Waals surface area contributed by atoms with Gasteiger partial charge in [0.15, 0.2) is 0 Å². The van der Waals surface area contributed by atoms with Crippen molar-refractivity contribution in [3.05, 3.63) is 17.1 Å². The molecule has 23 heavy (non-hydrogen) atoms. The second-order valence-electron chi connectivity index (χ2n) is 6.05. The average molecular weight is 324 g/mol. The molecule has 6 N–H and O–H groups in total. The lowest BCUT2D eigenvalue weighted by molar-refractivity contribution is -0.0167. The van der Waals surface area contributed by atoms with Crippen LogP contribution in [0.15, 0.2) is 4.42 Å². The molecule has 0 spiro atoms. The van der Waals surface area contributed by atoms with Crippen LogP contribution >= 0.6 is 0 Å². The summed E-state index contributed by atoms with van der Waals surface area (Å²) in [6.45, 7) is 4.87. The molecule has 1 saturated heterocycles. The van der Waals surface area contributed by atoms with Gasteiger partial charge in [0.25, 0.3) is 5.91 Å².